The van der Waals surface area contributed by atoms with Crippen molar-refractivity contribution in [3.63, 3.8) is 0 Å². The molecule has 0 saturated carbocycles. The summed E-state index contributed by atoms with van der Waals surface area (Å²) in [5.74, 6) is -0.0465. The fourth-order valence-electron chi connectivity index (χ4n) is 2.99. The zero-order valence-electron chi connectivity index (χ0n) is 15.1. The highest BCUT2D eigenvalue weighted by Crippen LogP contribution is 2.24. The molecule has 0 bridgehead atoms. The molecule has 1 aromatic heterocycles. The van der Waals surface area contributed by atoms with E-state index in [4.69, 9.17) is 0 Å². The molecule has 4 heteroatoms. The van der Waals surface area contributed by atoms with Crippen LogP contribution < -0.4 is 5.32 Å². The third kappa shape index (κ3) is 4.07. The van der Waals surface area contributed by atoms with Crippen LogP contribution in [0.15, 0.2) is 72.1 Å². The van der Waals surface area contributed by atoms with E-state index in [2.05, 4.69) is 46.9 Å². The van der Waals surface area contributed by atoms with Gasteiger partial charge in [0.05, 0.1) is 5.69 Å². The van der Waals surface area contributed by atoms with Gasteiger partial charge in [0.2, 0.25) is 0 Å². The molecule has 0 unspecified atom stereocenters. The first-order valence-corrected chi connectivity index (χ1v) is 9.85. The number of nitrogens with one attached hydrogen (secondary N) is 1. The predicted molar refractivity (Wildman–Crippen MR) is 112 cm³/mol. The van der Waals surface area contributed by atoms with Crippen molar-refractivity contribution >= 4 is 28.0 Å². The Bertz CT molecular complexity index is 1080. The molecule has 4 aromatic rings. The monoisotopic (exact) mass is 372 g/mol. The molecule has 0 saturated heterocycles. The molecule has 27 heavy (non-hydrogen) atoms. The lowest BCUT2D eigenvalue weighted by atomic mass is 10.1. The minimum atomic E-state index is -0.0465. The second-order valence-corrected chi connectivity index (χ2v) is 7.44. The first-order chi connectivity index (χ1) is 13.2. The number of nitrogens with zero attached hydrogens (tertiary/aromatic N) is 1. The number of amides is 1. The zero-order chi connectivity index (χ0) is 18.6. The molecule has 0 aliphatic carbocycles. The van der Waals surface area contributed by atoms with Gasteiger partial charge in [0.1, 0.15) is 5.01 Å². The minimum absolute atomic E-state index is 0.0465. The molecule has 1 N–H and O–H groups in total. The maximum atomic E-state index is 12.4. The fraction of sp³-hybridized carbons (Fsp3) is 0.130. The Morgan fingerprint density at radius 3 is 2.59 bits per heavy atom. The van der Waals surface area contributed by atoms with Crippen LogP contribution in [0.4, 0.5) is 0 Å². The Labute approximate surface area is 162 Å². The number of carbonyl (C=O) groups is 1. The molecular formula is C23H20N2OS. The van der Waals surface area contributed by atoms with Gasteiger partial charge in [-0.3, -0.25) is 4.79 Å². The van der Waals surface area contributed by atoms with E-state index in [0.29, 0.717) is 12.1 Å². The summed E-state index contributed by atoms with van der Waals surface area (Å²) in [6.07, 6.45) is 0.724. The van der Waals surface area contributed by atoms with Crippen LogP contribution in [0.25, 0.3) is 21.3 Å². The predicted octanol–water partition coefficient (Wildman–Crippen LogP) is 5.24. The summed E-state index contributed by atoms with van der Waals surface area (Å²) in [6, 6.07) is 22.2. The van der Waals surface area contributed by atoms with Gasteiger partial charge in [-0.15, -0.1) is 11.3 Å². The number of hydrogen-bond acceptors (Lipinski definition) is 3. The van der Waals surface area contributed by atoms with E-state index < -0.39 is 0 Å². The summed E-state index contributed by atoms with van der Waals surface area (Å²) in [5, 5.41) is 8.30. The van der Waals surface area contributed by atoms with E-state index in [1.165, 1.54) is 5.56 Å². The SMILES string of the molecule is Cc1ccc(-c2nc(CCNC(=O)c3ccc4ccccc4c3)cs2)cc1. The van der Waals surface area contributed by atoms with Gasteiger partial charge >= 0.3 is 0 Å². The van der Waals surface area contributed by atoms with E-state index in [0.717, 1.165) is 33.5 Å². The van der Waals surface area contributed by atoms with Crippen LogP contribution in [0.5, 0.6) is 0 Å². The van der Waals surface area contributed by atoms with Crippen LogP contribution in [0.3, 0.4) is 0 Å². The summed E-state index contributed by atoms with van der Waals surface area (Å²) in [4.78, 5) is 17.1. The van der Waals surface area contributed by atoms with Crippen molar-refractivity contribution < 1.29 is 4.79 Å². The van der Waals surface area contributed by atoms with Gasteiger partial charge in [-0.1, -0.05) is 60.2 Å². The number of benzene rings is 3. The highest BCUT2D eigenvalue weighted by atomic mass is 32.1. The molecule has 3 nitrogen and oxygen atoms in total. The van der Waals surface area contributed by atoms with Crippen LogP contribution in [0.1, 0.15) is 21.6 Å². The first-order valence-electron chi connectivity index (χ1n) is 8.97. The third-order valence-corrected chi connectivity index (χ3v) is 5.47. The molecule has 1 amide bonds. The Morgan fingerprint density at radius 2 is 1.78 bits per heavy atom. The number of thiazole rings is 1. The molecule has 4 rings (SSSR count). The second-order valence-electron chi connectivity index (χ2n) is 6.58. The van der Waals surface area contributed by atoms with Crippen LogP contribution in [-0.4, -0.2) is 17.4 Å². The quantitative estimate of drug-likeness (QED) is 0.520. The Hall–Kier alpha value is -2.98. The van der Waals surface area contributed by atoms with E-state index in [-0.39, 0.29) is 5.91 Å². The highest BCUT2D eigenvalue weighted by molar-refractivity contribution is 7.13. The summed E-state index contributed by atoms with van der Waals surface area (Å²) in [7, 11) is 0. The van der Waals surface area contributed by atoms with Crippen LogP contribution in [-0.2, 0) is 6.42 Å². The molecule has 0 aliphatic rings. The number of rotatable bonds is 5. The second kappa shape index (κ2) is 7.72. The van der Waals surface area contributed by atoms with Gasteiger partial charge in [-0.05, 0) is 29.8 Å². The average Bonchev–Trinajstić information content (AvgIpc) is 3.17. The number of fused-ring (bicyclic) bond motifs is 1. The van der Waals surface area contributed by atoms with Crippen LogP contribution in [0, 0.1) is 6.92 Å². The minimum Gasteiger partial charge on any atom is -0.352 e. The Balaban J connectivity index is 1.36. The lowest BCUT2D eigenvalue weighted by Crippen LogP contribution is -2.25. The maximum Gasteiger partial charge on any atom is 0.251 e. The van der Waals surface area contributed by atoms with Crippen LogP contribution in [0.2, 0.25) is 0 Å². The largest absolute Gasteiger partial charge is 0.352 e. The standard InChI is InChI=1S/C23H20N2OS/c1-16-6-8-18(9-7-16)23-25-21(15-27-23)12-13-24-22(26)20-11-10-17-4-2-3-5-19(17)14-20/h2-11,14-15H,12-13H2,1H3,(H,24,26). The van der Waals surface area contributed by atoms with E-state index in [9.17, 15) is 4.79 Å². The van der Waals surface area contributed by atoms with Gasteiger partial charge in [0.15, 0.2) is 0 Å². The van der Waals surface area contributed by atoms with Crippen molar-refractivity contribution in [1.82, 2.24) is 10.3 Å². The van der Waals surface area contributed by atoms with E-state index in [1.54, 1.807) is 11.3 Å². The summed E-state index contributed by atoms with van der Waals surface area (Å²) >= 11 is 1.64. The molecule has 134 valence electrons. The van der Waals surface area contributed by atoms with Crippen molar-refractivity contribution in [2.75, 3.05) is 6.54 Å². The fourth-order valence-corrected chi connectivity index (χ4v) is 3.85. The molecule has 1 heterocycles. The van der Waals surface area contributed by atoms with Crippen molar-refractivity contribution in [3.8, 4) is 10.6 Å². The van der Waals surface area contributed by atoms with Gasteiger partial charge in [0.25, 0.3) is 5.91 Å². The molecule has 3 aromatic carbocycles. The number of aromatic nitrogens is 1. The number of aryl methyl sites for hydroxylation is 1. The smallest absolute Gasteiger partial charge is 0.251 e. The van der Waals surface area contributed by atoms with Gasteiger partial charge < -0.3 is 5.32 Å². The molecule has 0 aliphatic heterocycles. The van der Waals surface area contributed by atoms with Crippen molar-refractivity contribution in [3.05, 3.63) is 88.9 Å². The maximum absolute atomic E-state index is 12.4. The average molecular weight is 372 g/mol. The van der Waals surface area contributed by atoms with Gasteiger partial charge in [-0.25, -0.2) is 4.98 Å². The van der Waals surface area contributed by atoms with E-state index >= 15 is 0 Å². The molecule has 0 atom stereocenters. The normalized spacial score (nSPS) is 10.9. The molecule has 0 spiro atoms. The van der Waals surface area contributed by atoms with Crippen molar-refractivity contribution in [1.29, 1.82) is 0 Å². The lowest BCUT2D eigenvalue weighted by molar-refractivity contribution is 0.0954. The molecule has 0 fully saturated rings. The summed E-state index contributed by atoms with van der Waals surface area (Å²) < 4.78 is 0. The summed E-state index contributed by atoms with van der Waals surface area (Å²) in [6.45, 7) is 2.65. The zero-order valence-corrected chi connectivity index (χ0v) is 15.9. The lowest BCUT2D eigenvalue weighted by Gasteiger charge is -2.05. The summed E-state index contributed by atoms with van der Waals surface area (Å²) in [5.41, 5.74) is 4.07. The molecule has 0 radical (unpaired) electrons. The number of hydrogen-bond donors (Lipinski definition) is 1. The van der Waals surface area contributed by atoms with Gasteiger partial charge in [-0.2, -0.15) is 0 Å². The van der Waals surface area contributed by atoms with Gasteiger partial charge in [0, 0.05) is 29.5 Å². The van der Waals surface area contributed by atoms with Crippen molar-refractivity contribution in [2.24, 2.45) is 0 Å². The third-order valence-electron chi connectivity index (χ3n) is 4.53. The number of carbonyl (C=O) groups excluding carboxylic acids is 1. The topological polar surface area (TPSA) is 42.0 Å². The van der Waals surface area contributed by atoms with Crippen LogP contribution >= 0.6 is 11.3 Å². The first kappa shape index (κ1) is 17.4. The molecular weight excluding hydrogens is 352 g/mol. The highest BCUT2D eigenvalue weighted by Gasteiger charge is 2.08. The Kier molecular flexibility index (Phi) is 4.99. The van der Waals surface area contributed by atoms with Crippen molar-refractivity contribution in [2.45, 2.75) is 13.3 Å². The van der Waals surface area contributed by atoms with E-state index in [1.807, 2.05) is 42.5 Å². The Morgan fingerprint density at radius 1 is 1.00 bits per heavy atom.